The summed E-state index contributed by atoms with van der Waals surface area (Å²) in [5, 5.41) is 1.83. The van der Waals surface area contributed by atoms with Gasteiger partial charge in [0, 0.05) is 11.1 Å². The van der Waals surface area contributed by atoms with Gasteiger partial charge in [0.05, 0.1) is 7.11 Å². The Bertz CT molecular complexity index is 1180. The van der Waals surface area contributed by atoms with E-state index in [1.165, 1.54) is 7.11 Å². The molecule has 0 amide bonds. The first-order chi connectivity index (χ1) is 14.7. The molecule has 0 aromatic heterocycles. The van der Waals surface area contributed by atoms with Crippen LogP contribution in [-0.4, -0.2) is 18.9 Å². The minimum Gasteiger partial charge on any atom is -0.496 e. The highest BCUT2D eigenvalue weighted by molar-refractivity contribution is 6.03. The van der Waals surface area contributed by atoms with Gasteiger partial charge in [-0.3, -0.25) is 4.79 Å². The average Bonchev–Trinajstić information content (AvgIpc) is 2.82. The lowest BCUT2D eigenvalue weighted by molar-refractivity contribution is 0.0277. The van der Waals surface area contributed by atoms with Gasteiger partial charge in [-0.25, -0.2) is 4.79 Å². The van der Waals surface area contributed by atoms with Gasteiger partial charge in [-0.15, -0.1) is 0 Å². The lowest BCUT2D eigenvalue weighted by Gasteiger charge is -2.18. The number of Topliss-reactive ketones (excluding diaryl/α,β-unsaturated/α-hetero) is 1. The van der Waals surface area contributed by atoms with E-state index in [0.29, 0.717) is 16.9 Å². The molecule has 0 aliphatic rings. The van der Waals surface area contributed by atoms with Crippen molar-refractivity contribution in [3.05, 3.63) is 114 Å². The van der Waals surface area contributed by atoms with Crippen molar-refractivity contribution in [1.29, 1.82) is 0 Å². The van der Waals surface area contributed by atoms with E-state index in [-0.39, 0.29) is 11.3 Å². The van der Waals surface area contributed by atoms with Crippen molar-refractivity contribution in [2.24, 2.45) is 0 Å². The number of methoxy groups -OCH3 is 1. The Morgan fingerprint density at radius 1 is 0.733 bits per heavy atom. The number of rotatable bonds is 6. The Morgan fingerprint density at radius 3 is 1.93 bits per heavy atom. The topological polar surface area (TPSA) is 52.6 Å². The van der Waals surface area contributed by atoms with Crippen molar-refractivity contribution in [2.45, 2.75) is 6.10 Å². The van der Waals surface area contributed by atoms with Gasteiger partial charge in [0.25, 0.3) is 0 Å². The maximum atomic E-state index is 13.2. The molecule has 1 unspecified atom stereocenters. The Hall–Kier alpha value is -3.92. The molecule has 4 aromatic rings. The van der Waals surface area contributed by atoms with Crippen LogP contribution in [0.5, 0.6) is 5.75 Å². The second-order valence-corrected chi connectivity index (χ2v) is 6.83. The summed E-state index contributed by atoms with van der Waals surface area (Å²) in [6.45, 7) is 0. The third kappa shape index (κ3) is 3.94. The number of esters is 1. The molecule has 0 N–H and O–H groups in total. The first-order valence-corrected chi connectivity index (χ1v) is 9.59. The van der Waals surface area contributed by atoms with Crippen LogP contribution in [0.25, 0.3) is 10.8 Å². The van der Waals surface area contributed by atoms with E-state index in [4.69, 9.17) is 9.47 Å². The normalized spacial score (nSPS) is 11.6. The van der Waals surface area contributed by atoms with Gasteiger partial charge in [-0.05, 0) is 22.9 Å². The van der Waals surface area contributed by atoms with Crippen molar-refractivity contribution >= 4 is 22.5 Å². The minimum absolute atomic E-state index is 0.276. The van der Waals surface area contributed by atoms with Crippen LogP contribution in [0.2, 0.25) is 0 Å². The molecule has 0 aliphatic carbocycles. The van der Waals surface area contributed by atoms with Gasteiger partial charge < -0.3 is 9.47 Å². The highest BCUT2D eigenvalue weighted by Crippen LogP contribution is 2.30. The molecular weight excluding hydrogens is 376 g/mol. The summed E-state index contributed by atoms with van der Waals surface area (Å²) >= 11 is 0. The minimum atomic E-state index is -1.06. The monoisotopic (exact) mass is 396 g/mol. The molecule has 30 heavy (non-hydrogen) atoms. The summed E-state index contributed by atoms with van der Waals surface area (Å²) in [4.78, 5) is 26.3. The van der Waals surface area contributed by atoms with Gasteiger partial charge >= 0.3 is 5.97 Å². The van der Waals surface area contributed by atoms with Crippen LogP contribution in [0.4, 0.5) is 0 Å². The van der Waals surface area contributed by atoms with Crippen molar-refractivity contribution in [2.75, 3.05) is 7.11 Å². The molecule has 4 nitrogen and oxygen atoms in total. The van der Waals surface area contributed by atoms with Crippen molar-refractivity contribution in [3.63, 3.8) is 0 Å². The first kappa shape index (κ1) is 19.4. The van der Waals surface area contributed by atoms with E-state index in [1.54, 1.807) is 48.5 Å². The predicted molar refractivity (Wildman–Crippen MR) is 116 cm³/mol. The lowest BCUT2D eigenvalue weighted by atomic mass is 9.99. The first-order valence-electron chi connectivity index (χ1n) is 9.59. The summed E-state index contributed by atoms with van der Waals surface area (Å²) in [6, 6.07) is 29.0. The van der Waals surface area contributed by atoms with Gasteiger partial charge in [0.1, 0.15) is 11.3 Å². The molecule has 0 spiro atoms. The number of fused-ring (bicyclic) bond motifs is 1. The van der Waals surface area contributed by atoms with E-state index in [1.807, 2.05) is 48.5 Å². The number of hydrogen-bond donors (Lipinski definition) is 0. The van der Waals surface area contributed by atoms with Crippen LogP contribution in [0.1, 0.15) is 32.4 Å². The highest BCUT2D eigenvalue weighted by Gasteiger charge is 2.28. The molecule has 0 bridgehead atoms. The standard InChI is InChI=1S/C26H20O4/c1-29-23-17-21-15-9-8-14-20(21)16-22(23)26(28)30-25(19-12-6-3-7-13-19)24(27)18-10-4-2-5-11-18/h2-17,25H,1H3. The maximum absolute atomic E-state index is 13.2. The third-order valence-corrected chi connectivity index (χ3v) is 4.91. The van der Waals surface area contributed by atoms with Crippen LogP contribution >= 0.6 is 0 Å². The molecule has 4 heteroatoms. The van der Waals surface area contributed by atoms with E-state index in [2.05, 4.69) is 0 Å². The zero-order chi connectivity index (χ0) is 20.9. The molecular formula is C26H20O4. The van der Waals surface area contributed by atoms with E-state index < -0.39 is 12.1 Å². The summed E-state index contributed by atoms with van der Waals surface area (Å²) < 4.78 is 11.2. The molecule has 4 aromatic carbocycles. The van der Waals surface area contributed by atoms with Gasteiger partial charge in [0.2, 0.25) is 5.78 Å². The molecule has 0 aliphatic heterocycles. The maximum Gasteiger partial charge on any atom is 0.343 e. The Labute approximate surface area is 174 Å². The smallest absolute Gasteiger partial charge is 0.343 e. The number of ketones is 1. The van der Waals surface area contributed by atoms with Crippen LogP contribution in [-0.2, 0) is 4.74 Å². The highest BCUT2D eigenvalue weighted by atomic mass is 16.5. The molecule has 0 saturated heterocycles. The lowest BCUT2D eigenvalue weighted by Crippen LogP contribution is -2.20. The van der Waals surface area contributed by atoms with Crippen molar-refractivity contribution in [3.8, 4) is 5.75 Å². The third-order valence-electron chi connectivity index (χ3n) is 4.91. The van der Waals surface area contributed by atoms with Crippen molar-refractivity contribution < 1.29 is 19.1 Å². The molecule has 0 saturated carbocycles. The average molecular weight is 396 g/mol. The van der Waals surface area contributed by atoms with E-state index in [9.17, 15) is 9.59 Å². The summed E-state index contributed by atoms with van der Waals surface area (Å²) in [5.74, 6) is -0.497. The van der Waals surface area contributed by atoms with Gasteiger partial charge in [-0.1, -0.05) is 84.9 Å². The molecule has 0 radical (unpaired) electrons. The summed E-state index contributed by atoms with van der Waals surface area (Å²) in [6.07, 6.45) is -1.06. The molecule has 1 atom stereocenters. The number of hydrogen-bond acceptors (Lipinski definition) is 4. The van der Waals surface area contributed by atoms with Crippen LogP contribution in [0.15, 0.2) is 97.1 Å². The van der Waals surface area contributed by atoms with Gasteiger partial charge in [0.15, 0.2) is 6.10 Å². The predicted octanol–water partition coefficient (Wildman–Crippen LogP) is 5.63. The number of benzene rings is 4. The van der Waals surface area contributed by atoms with E-state index >= 15 is 0 Å². The Morgan fingerprint density at radius 2 is 1.30 bits per heavy atom. The molecule has 0 heterocycles. The SMILES string of the molecule is COc1cc2ccccc2cc1C(=O)OC(C(=O)c1ccccc1)c1ccccc1. The van der Waals surface area contributed by atoms with Gasteiger partial charge in [-0.2, -0.15) is 0 Å². The largest absolute Gasteiger partial charge is 0.496 e. The Kier molecular flexibility index (Phi) is 5.57. The summed E-state index contributed by atoms with van der Waals surface area (Å²) in [5.41, 5.74) is 1.36. The molecule has 4 rings (SSSR count). The number of carbonyl (C=O) groups is 2. The quantitative estimate of drug-likeness (QED) is 0.313. The second-order valence-electron chi connectivity index (χ2n) is 6.83. The zero-order valence-electron chi connectivity index (χ0n) is 16.4. The second kappa shape index (κ2) is 8.62. The zero-order valence-corrected chi connectivity index (χ0v) is 16.4. The van der Waals surface area contributed by atoms with Crippen molar-refractivity contribution in [1.82, 2.24) is 0 Å². The Balaban J connectivity index is 1.72. The molecule has 0 fully saturated rings. The fourth-order valence-corrected chi connectivity index (χ4v) is 3.37. The van der Waals surface area contributed by atoms with Crippen LogP contribution in [0.3, 0.4) is 0 Å². The van der Waals surface area contributed by atoms with Crippen LogP contribution in [0, 0.1) is 0 Å². The fraction of sp³-hybridized carbons (Fsp3) is 0.0769. The fourth-order valence-electron chi connectivity index (χ4n) is 3.37. The summed E-state index contributed by atoms with van der Waals surface area (Å²) in [7, 11) is 1.50. The van der Waals surface area contributed by atoms with E-state index in [0.717, 1.165) is 10.8 Å². The van der Waals surface area contributed by atoms with Crippen LogP contribution < -0.4 is 4.74 Å². The number of ether oxygens (including phenoxy) is 2. The molecule has 148 valence electrons. The number of carbonyl (C=O) groups excluding carboxylic acids is 2.